The van der Waals surface area contributed by atoms with Gasteiger partial charge in [-0.1, -0.05) is 55.3 Å². The first-order chi connectivity index (χ1) is 10.2. The van der Waals surface area contributed by atoms with E-state index in [9.17, 15) is 0 Å². The molecule has 0 aliphatic rings. The number of benzene rings is 1. The van der Waals surface area contributed by atoms with Crippen LogP contribution in [0.5, 0.6) is 0 Å². The Balaban J connectivity index is 2.47. The molecule has 112 valence electrons. The fourth-order valence-corrected chi connectivity index (χ4v) is 2.85. The van der Waals surface area contributed by atoms with Crippen LogP contribution >= 0.6 is 34.2 Å². The fraction of sp³-hybridized carbons (Fsp3) is 0.375. The zero-order valence-electron chi connectivity index (χ0n) is 12.1. The first kappa shape index (κ1) is 16.6. The second-order valence-electron chi connectivity index (χ2n) is 4.63. The van der Waals surface area contributed by atoms with Crippen LogP contribution in [0, 0.1) is 3.57 Å². The minimum Gasteiger partial charge on any atom is -0.371 e. The predicted octanol–water partition coefficient (Wildman–Crippen LogP) is 5.28. The van der Waals surface area contributed by atoms with E-state index in [2.05, 4.69) is 34.5 Å². The van der Waals surface area contributed by atoms with Crippen LogP contribution in [0.2, 0.25) is 5.15 Å². The van der Waals surface area contributed by atoms with E-state index in [1.165, 1.54) is 0 Å². The Morgan fingerprint density at radius 2 is 1.90 bits per heavy atom. The van der Waals surface area contributed by atoms with Gasteiger partial charge in [0, 0.05) is 12.2 Å². The molecule has 0 spiro atoms. The summed E-state index contributed by atoms with van der Waals surface area (Å²) in [6.45, 7) is 4.74. The molecule has 2 rings (SSSR count). The lowest BCUT2D eigenvalue weighted by molar-refractivity contribution is 0.0494. The quantitative estimate of drug-likeness (QED) is 0.475. The van der Waals surface area contributed by atoms with Crippen LogP contribution in [-0.2, 0) is 4.74 Å². The smallest absolute Gasteiger partial charge is 0.159 e. The monoisotopic (exact) mass is 416 g/mol. The first-order valence-electron chi connectivity index (χ1n) is 7.07. The molecule has 1 unspecified atom stereocenters. The maximum absolute atomic E-state index is 6.30. The molecule has 21 heavy (non-hydrogen) atoms. The van der Waals surface area contributed by atoms with E-state index in [0.717, 1.165) is 27.7 Å². The topological polar surface area (TPSA) is 35.0 Å². The number of hydrogen-bond donors (Lipinski definition) is 0. The maximum atomic E-state index is 6.30. The summed E-state index contributed by atoms with van der Waals surface area (Å²) < 4.78 is 6.64. The predicted molar refractivity (Wildman–Crippen MR) is 94.5 cm³/mol. The molecule has 0 amide bonds. The van der Waals surface area contributed by atoms with E-state index in [1.807, 2.05) is 37.3 Å². The second-order valence-corrected chi connectivity index (χ2v) is 6.07. The van der Waals surface area contributed by atoms with Crippen molar-refractivity contribution in [3.8, 4) is 11.3 Å². The molecule has 0 radical (unpaired) electrons. The summed E-state index contributed by atoms with van der Waals surface area (Å²) >= 11 is 8.49. The lowest BCUT2D eigenvalue weighted by Gasteiger charge is -2.17. The number of hydrogen-bond acceptors (Lipinski definition) is 3. The second kappa shape index (κ2) is 8.06. The van der Waals surface area contributed by atoms with Crippen LogP contribution in [-0.4, -0.2) is 16.6 Å². The minimum atomic E-state index is -0.100. The molecule has 1 aromatic heterocycles. The number of rotatable bonds is 6. The van der Waals surface area contributed by atoms with Crippen LogP contribution in [0.15, 0.2) is 30.3 Å². The third-order valence-corrected chi connectivity index (χ3v) is 4.70. The molecule has 0 fully saturated rings. The van der Waals surface area contributed by atoms with Gasteiger partial charge < -0.3 is 4.74 Å². The number of ether oxygens (including phenoxy) is 1. The molecular weight excluding hydrogens is 399 g/mol. The molecule has 1 aromatic carbocycles. The standard InChI is InChI=1S/C16H18ClIN2O/c1-3-8-12(21-4-2)16-19-14(13(18)15(17)20-16)11-9-6-5-7-10-11/h5-7,9-10,12H,3-4,8H2,1-2H3. The number of aromatic nitrogens is 2. The average molecular weight is 417 g/mol. The van der Waals surface area contributed by atoms with Crippen molar-refractivity contribution in [3.63, 3.8) is 0 Å². The lowest BCUT2D eigenvalue weighted by Crippen LogP contribution is -2.10. The summed E-state index contributed by atoms with van der Waals surface area (Å²) in [6, 6.07) is 10.0. The normalized spacial score (nSPS) is 12.4. The van der Waals surface area contributed by atoms with E-state index in [-0.39, 0.29) is 6.10 Å². The molecule has 0 aliphatic heterocycles. The zero-order valence-corrected chi connectivity index (χ0v) is 15.1. The van der Waals surface area contributed by atoms with Gasteiger partial charge in [-0.25, -0.2) is 9.97 Å². The largest absolute Gasteiger partial charge is 0.371 e. The third kappa shape index (κ3) is 4.14. The van der Waals surface area contributed by atoms with Gasteiger partial charge in [-0.05, 0) is 35.9 Å². The van der Waals surface area contributed by atoms with E-state index in [0.29, 0.717) is 17.6 Å². The molecule has 0 N–H and O–H groups in total. The van der Waals surface area contributed by atoms with E-state index < -0.39 is 0 Å². The van der Waals surface area contributed by atoms with Gasteiger partial charge in [-0.15, -0.1) is 0 Å². The molecular formula is C16H18ClIN2O. The van der Waals surface area contributed by atoms with Crippen LogP contribution < -0.4 is 0 Å². The van der Waals surface area contributed by atoms with Gasteiger partial charge in [0.05, 0.1) is 9.26 Å². The molecule has 0 saturated carbocycles. The van der Waals surface area contributed by atoms with Crippen molar-refractivity contribution in [2.24, 2.45) is 0 Å². The fourth-order valence-electron chi connectivity index (χ4n) is 2.12. The lowest BCUT2D eigenvalue weighted by atomic mass is 10.1. The number of nitrogens with zero attached hydrogens (tertiary/aromatic N) is 2. The number of halogens is 2. The summed E-state index contributed by atoms with van der Waals surface area (Å²) in [5.74, 6) is 0.669. The Morgan fingerprint density at radius 3 is 2.52 bits per heavy atom. The molecule has 0 saturated heterocycles. The molecule has 1 heterocycles. The van der Waals surface area contributed by atoms with E-state index in [1.54, 1.807) is 0 Å². The third-order valence-electron chi connectivity index (χ3n) is 3.08. The zero-order chi connectivity index (χ0) is 15.2. The summed E-state index contributed by atoms with van der Waals surface area (Å²) in [5, 5.41) is 0.486. The molecule has 2 aromatic rings. The van der Waals surface area contributed by atoms with Crippen LogP contribution in [0.3, 0.4) is 0 Å². The molecule has 0 bridgehead atoms. The highest BCUT2D eigenvalue weighted by molar-refractivity contribution is 14.1. The van der Waals surface area contributed by atoms with Gasteiger partial charge in [0.2, 0.25) is 0 Å². The van der Waals surface area contributed by atoms with Gasteiger partial charge in [0.1, 0.15) is 11.3 Å². The summed E-state index contributed by atoms with van der Waals surface area (Å²) in [5.41, 5.74) is 1.91. The maximum Gasteiger partial charge on any atom is 0.159 e. The van der Waals surface area contributed by atoms with Crippen LogP contribution in [0.4, 0.5) is 0 Å². The van der Waals surface area contributed by atoms with Crippen LogP contribution in [0.25, 0.3) is 11.3 Å². The van der Waals surface area contributed by atoms with Gasteiger partial charge in [-0.2, -0.15) is 0 Å². The molecule has 0 aliphatic carbocycles. The van der Waals surface area contributed by atoms with Crippen molar-refractivity contribution < 1.29 is 4.74 Å². The van der Waals surface area contributed by atoms with Crippen molar-refractivity contribution in [2.75, 3.05) is 6.61 Å². The van der Waals surface area contributed by atoms with Crippen molar-refractivity contribution in [3.05, 3.63) is 44.9 Å². The summed E-state index contributed by atoms with van der Waals surface area (Å²) in [7, 11) is 0. The van der Waals surface area contributed by atoms with Crippen molar-refractivity contribution in [1.29, 1.82) is 0 Å². The van der Waals surface area contributed by atoms with Crippen LogP contribution in [0.1, 0.15) is 38.6 Å². The van der Waals surface area contributed by atoms with E-state index >= 15 is 0 Å². The average Bonchev–Trinajstić information content (AvgIpc) is 2.50. The first-order valence-corrected chi connectivity index (χ1v) is 8.53. The van der Waals surface area contributed by atoms with E-state index in [4.69, 9.17) is 21.3 Å². The van der Waals surface area contributed by atoms with Crippen molar-refractivity contribution >= 4 is 34.2 Å². The highest BCUT2D eigenvalue weighted by Gasteiger charge is 2.19. The van der Waals surface area contributed by atoms with Crippen molar-refractivity contribution in [1.82, 2.24) is 9.97 Å². The minimum absolute atomic E-state index is 0.100. The van der Waals surface area contributed by atoms with Gasteiger partial charge >= 0.3 is 0 Å². The molecule has 1 atom stereocenters. The van der Waals surface area contributed by atoms with Crippen molar-refractivity contribution in [2.45, 2.75) is 32.8 Å². The van der Waals surface area contributed by atoms with Gasteiger partial charge in [0.25, 0.3) is 0 Å². The highest BCUT2D eigenvalue weighted by Crippen LogP contribution is 2.30. The Labute approximate surface area is 144 Å². The SMILES string of the molecule is CCCC(OCC)c1nc(Cl)c(I)c(-c2ccccc2)n1. The summed E-state index contributed by atoms with van der Waals surface area (Å²) in [6.07, 6.45) is 1.80. The Hall–Kier alpha value is -0.720. The highest BCUT2D eigenvalue weighted by atomic mass is 127. The Bertz CT molecular complexity index is 586. The molecule has 3 nitrogen and oxygen atoms in total. The molecule has 5 heteroatoms. The Kier molecular flexibility index (Phi) is 6.39. The summed E-state index contributed by atoms with van der Waals surface area (Å²) in [4.78, 5) is 9.13. The Morgan fingerprint density at radius 1 is 1.19 bits per heavy atom. The van der Waals surface area contributed by atoms with Gasteiger partial charge in [0.15, 0.2) is 5.82 Å². The van der Waals surface area contributed by atoms with Gasteiger partial charge in [-0.3, -0.25) is 0 Å².